The van der Waals surface area contributed by atoms with E-state index in [1.165, 1.54) is 13.2 Å². The molecule has 0 fully saturated rings. The highest BCUT2D eigenvalue weighted by molar-refractivity contribution is 6.43. The van der Waals surface area contributed by atoms with Crippen molar-refractivity contribution < 1.29 is 18.8 Å². The zero-order chi connectivity index (χ0) is 17.8. The van der Waals surface area contributed by atoms with Crippen molar-refractivity contribution in [3.05, 3.63) is 64.9 Å². The van der Waals surface area contributed by atoms with Gasteiger partial charge >= 0.3 is 0 Å². The largest absolute Gasteiger partial charge is 0.472 e. The Morgan fingerprint density at radius 1 is 1.08 bits per heavy atom. The molecule has 0 atom stereocenters. The summed E-state index contributed by atoms with van der Waals surface area (Å²) in [5.74, 6) is -1.70. The molecular weight excluding hydrogens is 324 g/mol. The van der Waals surface area contributed by atoms with Crippen molar-refractivity contribution in [1.82, 2.24) is 20.6 Å². The topological polar surface area (TPSA) is 119 Å². The molecule has 1 N–H and O–H groups in total. The van der Waals surface area contributed by atoms with Crippen LogP contribution in [0.1, 0.15) is 44.6 Å². The lowest BCUT2D eigenvalue weighted by Gasteiger charge is -2.03. The number of ketones is 3. The summed E-state index contributed by atoms with van der Waals surface area (Å²) in [7, 11) is 0. The smallest absolute Gasteiger partial charge is 0.269 e. The van der Waals surface area contributed by atoms with Gasteiger partial charge in [-0.2, -0.15) is 5.21 Å². The van der Waals surface area contributed by atoms with Gasteiger partial charge in [-0.15, -0.1) is 10.2 Å². The van der Waals surface area contributed by atoms with E-state index in [1.807, 2.05) is 12.1 Å². The second kappa shape index (κ2) is 7.00. The predicted octanol–water partition coefficient (Wildman–Crippen LogP) is 1.58. The maximum Gasteiger partial charge on any atom is 0.269 e. The van der Waals surface area contributed by atoms with Crippen LogP contribution in [-0.4, -0.2) is 38.0 Å². The highest BCUT2D eigenvalue weighted by Gasteiger charge is 2.22. The number of benzene rings is 1. The quantitative estimate of drug-likeness (QED) is 0.513. The molecule has 2 aromatic heterocycles. The average Bonchev–Trinajstić information content (AvgIpc) is 3.27. The standard InChI is InChI=1S/C17H14N4O4/c1-10(22)12-4-2-11(3-5-12)6-13-8-25-9-14(13)7-15(23)16(24)17-18-20-21-19-17/h2-5,8-9H,6-7H2,1H3,(H,18,19,20,21). The number of furan rings is 1. The monoisotopic (exact) mass is 338 g/mol. The lowest BCUT2D eigenvalue weighted by molar-refractivity contribution is -0.114. The SMILES string of the molecule is CC(=O)c1ccc(Cc2cocc2CC(=O)C(=O)c2nn[nH]n2)cc1. The third-order valence-corrected chi connectivity index (χ3v) is 3.74. The number of tetrazole rings is 1. The molecule has 126 valence electrons. The van der Waals surface area contributed by atoms with Gasteiger partial charge in [0, 0.05) is 24.0 Å². The summed E-state index contributed by atoms with van der Waals surface area (Å²) in [4.78, 5) is 35.3. The minimum Gasteiger partial charge on any atom is -0.472 e. The van der Waals surface area contributed by atoms with E-state index in [2.05, 4.69) is 20.6 Å². The second-order valence-corrected chi connectivity index (χ2v) is 5.52. The molecule has 0 aliphatic heterocycles. The molecule has 0 aliphatic rings. The maximum absolute atomic E-state index is 12.1. The summed E-state index contributed by atoms with van der Waals surface area (Å²) < 4.78 is 5.18. The van der Waals surface area contributed by atoms with Crippen LogP contribution in [0.3, 0.4) is 0 Å². The van der Waals surface area contributed by atoms with Gasteiger partial charge in [0.05, 0.1) is 12.5 Å². The third-order valence-electron chi connectivity index (χ3n) is 3.74. The summed E-state index contributed by atoms with van der Waals surface area (Å²) in [6.45, 7) is 1.51. The number of H-pyrrole nitrogens is 1. The molecule has 2 heterocycles. The Morgan fingerprint density at radius 2 is 1.80 bits per heavy atom. The summed E-state index contributed by atoms with van der Waals surface area (Å²) in [6.07, 6.45) is 3.40. The van der Waals surface area contributed by atoms with Gasteiger partial charge in [0.1, 0.15) is 0 Å². The second-order valence-electron chi connectivity index (χ2n) is 5.52. The Balaban J connectivity index is 1.71. The zero-order valence-corrected chi connectivity index (χ0v) is 13.4. The molecule has 0 amide bonds. The summed E-state index contributed by atoms with van der Waals surface area (Å²) in [6, 6.07) is 7.20. The van der Waals surface area contributed by atoms with E-state index in [4.69, 9.17) is 4.42 Å². The van der Waals surface area contributed by atoms with Gasteiger partial charge in [0.2, 0.25) is 11.6 Å². The highest BCUT2D eigenvalue weighted by Crippen LogP contribution is 2.18. The van der Waals surface area contributed by atoms with Crippen LogP contribution in [0.4, 0.5) is 0 Å². The lowest BCUT2D eigenvalue weighted by atomic mass is 9.99. The molecule has 25 heavy (non-hydrogen) atoms. The molecule has 0 saturated heterocycles. The van der Waals surface area contributed by atoms with Crippen LogP contribution < -0.4 is 0 Å². The number of nitrogens with one attached hydrogen (secondary N) is 1. The van der Waals surface area contributed by atoms with E-state index in [0.717, 1.165) is 11.1 Å². The van der Waals surface area contributed by atoms with Crippen LogP contribution in [0.25, 0.3) is 0 Å². The van der Waals surface area contributed by atoms with Crippen LogP contribution in [0.5, 0.6) is 0 Å². The maximum atomic E-state index is 12.1. The van der Waals surface area contributed by atoms with E-state index in [-0.39, 0.29) is 18.0 Å². The van der Waals surface area contributed by atoms with Gasteiger partial charge in [-0.25, -0.2) is 0 Å². The number of carbonyl (C=O) groups excluding carboxylic acids is 3. The highest BCUT2D eigenvalue weighted by atomic mass is 16.3. The summed E-state index contributed by atoms with van der Waals surface area (Å²) in [5.41, 5.74) is 3.02. The fourth-order valence-electron chi connectivity index (χ4n) is 2.37. The molecule has 0 unspecified atom stereocenters. The normalized spacial score (nSPS) is 10.6. The average molecular weight is 338 g/mol. The molecule has 1 aromatic carbocycles. The molecule has 0 saturated carbocycles. The number of rotatable bonds is 7. The Bertz CT molecular complexity index is 911. The zero-order valence-electron chi connectivity index (χ0n) is 13.4. The van der Waals surface area contributed by atoms with Crippen LogP contribution in [0.2, 0.25) is 0 Å². The minimum atomic E-state index is -0.799. The Hall–Kier alpha value is -3.42. The van der Waals surface area contributed by atoms with Gasteiger partial charge in [0.25, 0.3) is 5.78 Å². The lowest BCUT2D eigenvalue weighted by Crippen LogP contribution is -2.18. The van der Waals surface area contributed by atoms with E-state index in [0.29, 0.717) is 17.5 Å². The van der Waals surface area contributed by atoms with Crippen molar-refractivity contribution in [1.29, 1.82) is 0 Å². The number of nitrogens with zero attached hydrogens (tertiary/aromatic N) is 3. The Morgan fingerprint density at radius 3 is 2.44 bits per heavy atom. The van der Waals surface area contributed by atoms with E-state index in [9.17, 15) is 14.4 Å². The minimum absolute atomic E-state index is 0.00104. The van der Waals surface area contributed by atoms with Crippen molar-refractivity contribution in [3.63, 3.8) is 0 Å². The molecule has 0 bridgehead atoms. The fraction of sp³-hybridized carbons (Fsp3) is 0.176. The van der Waals surface area contributed by atoms with Crippen molar-refractivity contribution in [2.75, 3.05) is 0 Å². The molecule has 8 heteroatoms. The van der Waals surface area contributed by atoms with Gasteiger partial charge in [-0.1, -0.05) is 24.3 Å². The number of hydrogen-bond donors (Lipinski definition) is 1. The summed E-state index contributed by atoms with van der Waals surface area (Å²) >= 11 is 0. The van der Waals surface area contributed by atoms with Crippen molar-refractivity contribution >= 4 is 17.3 Å². The number of Topliss-reactive ketones (excluding diaryl/α,β-unsaturated/α-hetero) is 3. The predicted molar refractivity (Wildman–Crippen MR) is 85.2 cm³/mol. The van der Waals surface area contributed by atoms with Crippen molar-refractivity contribution in [2.24, 2.45) is 0 Å². The fourth-order valence-corrected chi connectivity index (χ4v) is 2.37. The molecule has 3 rings (SSSR count). The van der Waals surface area contributed by atoms with Gasteiger partial charge in [0.15, 0.2) is 5.78 Å². The van der Waals surface area contributed by atoms with Crippen LogP contribution in [0.15, 0.2) is 41.2 Å². The number of aromatic nitrogens is 4. The Labute approximate surface area is 142 Å². The first-order valence-electron chi connectivity index (χ1n) is 7.49. The number of carbonyl (C=O) groups is 3. The van der Waals surface area contributed by atoms with Gasteiger partial charge in [-0.05, 0) is 23.3 Å². The first-order chi connectivity index (χ1) is 12.0. The van der Waals surface area contributed by atoms with Crippen LogP contribution >= 0.6 is 0 Å². The van der Waals surface area contributed by atoms with Gasteiger partial charge < -0.3 is 4.42 Å². The first kappa shape index (κ1) is 16.4. The van der Waals surface area contributed by atoms with E-state index < -0.39 is 11.6 Å². The molecule has 3 aromatic rings. The van der Waals surface area contributed by atoms with E-state index in [1.54, 1.807) is 18.4 Å². The molecule has 0 aliphatic carbocycles. The molecule has 8 nitrogen and oxygen atoms in total. The first-order valence-corrected chi connectivity index (χ1v) is 7.49. The molecular formula is C17H14N4O4. The molecule has 0 radical (unpaired) electrons. The summed E-state index contributed by atoms with van der Waals surface area (Å²) in [5, 5.41) is 12.4. The van der Waals surface area contributed by atoms with Crippen molar-refractivity contribution in [2.45, 2.75) is 19.8 Å². The third kappa shape index (κ3) is 3.74. The Kier molecular flexibility index (Phi) is 4.60. The van der Waals surface area contributed by atoms with Gasteiger partial charge in [-0.3, -0.25) is 14.4 Å². The number of hydrogen-bond acceptors (Lipinski definition) is 7. The van der Waals surface area contributed by atoms with Crippen LogP contribution in [0, 0.1) is 0 Å². The van der Waals surface area contributed by atoms with Crippen LogP contribution in [-0.2, 0) is 17.6 Å². The van der Waals surface area contributed by atoms with Crippen molar-refractivity contribution in [3.8, 4) is 0 Å². The number of aromatic amines is 1. The van der Waals surface area contributed by atoms with E-state index >= 15 is 0 Å². The molecule has 0 spiro atoms.